The summed E-state index contributed by atoms with van der Waals surface area (Å²) in [5, 5.41) is 10.3. The number of carbonyl (C=O) groups excluding carboxylic acids is 2. The van der Waals surface area contributed by atoms with Gasteiger partial charge in [0.05, 0.1) is 12.8 Å². The molecule has 3 aromatic rings. The first-order chi connectivity index (χ1) is 13.5. The molecule has 1 aromatic carbocycles. The molecule has 2 aromatic heterocycles. The Morgan fingerprint density at radius 2 is 1.96 bits per heavy atom. The molecule has 0 radical (unpaired) electrons. The normalized spacial score (nSPS) is 10.7. The van der Waals surface area contributed by atoms with Gasteiger partial charge in [0.15, 0.2) is 10.8 Å². The van der Waals surface area contributed by atoms with E-state index >= 15 is 0 Å². The maximum Gasteiger partial charge on any atom is 0.357 e. The van der Waals surface area contributed by atoms with Gasteiger partial charge in [0.1, 0.15) is 0 Å². The van der Waals surface area contributed by atoms with Gasteiger partial charge in [-0.05, 0) is 31.4 Å². The van der Waals surface area contributed by atoms with Crippen LogP contribution in [0, 0.1) is 13.8 Å². The van der Waals surface area contributed by atoms with Crippen molar-refractivity contribution in [2.45, 2.75) is 33.1 Å². The van der Waals surface area contributed by atoms with E-state index in [4.69, 9.17) is 4.74 Å². The van der Waals surface area contributed by atoms with Crippen LogP contribution in [0.25, 0.3) is 0 Å². The number of anilines is 1. The van der Waals surface area contributed by atoms with Crippen LogP contribution in [0.4, 0.5) is 5.13 Å². The fourth-order valence-corrected chi connectivity index (χ4v) is 3.92. The van der Waals surface area contributed by atoms with Crippen LogP contribution in [0.3, 0.4) is 0 Å². The van der Waals surface area contributed by atoms with E-state index < -0.39 is 5.97 Å². The number of esters is 1. The Hall–Kier alpha value is -3.00. The van der Waals surface area contributed by atoms with Gasteiger partial charge in [-0.25, -0.2) is 9.78 Å². The molecule has 8 heteroatoms. The molecule has 0 bridgehead atoms. The maximum atomic E-state index is 12.4. The van der Waals surface area contributed by atoms with Crippen molar-refractivity contribution in [1.82, 2.24) is 15.2 Å². The Kier molecular flexibility index (Phi) is 6.20. The third kappa shape index (κ3) is 4.64. The van der Waals surface area contributed by atoms with Crippen LogP contribution >= 0.6 is 11.3 Å². The minimum absolute atomic E-state index is 0.156. The highest BCUT2D eigenvalue weighted by atomic mass is 32.1. The highest BCUT2D eigenvalue weighted by Gasteiger charge is 2.20. The third-order valence-corrected chi connectivity index (χ3v) is 5.38. The van der Waals surface area contributed by atoms with Crippen LogP contribution in [0.2, 0.25) is 0 Å². The number of nitrogens with one attached hydrogen (secondary N) is 2. The monoisotopic (exact) mass is 398 g/mol. The first-order valence-corrected chi connectivity index (χ1v) is 9.71. The van der Waals surface area contributed by atoms with Gasteiger partial charge in [-0.2, -0.15) is 5.10 Å². The summed E-state index contributed by atoms with van der Waals surface area (Å²) in [6.45, 7) is 3.85. The Morgan fingerprint density at radius 3 is 2.61 bits per heavy atom. The topological polar surface area (TPSA) is 97.0 Å². The number of aromatic nitrogens is 3. The predicted molar refractivity (Wildman–Crippen MR) is 108 cm³/mol. The highest BCUT2D eigenvalue weighted by molar-refractivity contribution is 7.16. The molecule has 0 fully saturated rings. The molecule has 146 valence electrons. The summed E-state index contributed by atoms with van der Waals surface area (Å²) in [4.78, 5) is 29.5. The molecule has 0 unspecified atom stereocenters. The molecule has 0 aliphatic heterocycles. The highest BCUT2D eigenvalue weighted by Crippen LogP contribution is 2.26. The number of thiazole rings is 1. The number of H-pyrrole nitrogens is 1. The zero-order valence-corrected chi connectivity index (χ0v) is 16.9. The smallest absolute Gasteiger partial charge is 0.357 e. The lowest BCUT2D eigenvalue weighted by molar-refractivity contribution is -0.116. The average Bonchev–Trinajstić information content (AvgIpc) is 3.23. The molecule has 0 saturated carbocycles. The van der Waals surface area contributed by atoms with Crippen molar-refractivity contribution in [3.8, 4) is 0 Å². The molecule has 0 spiro atoms. The first-order valence-electron chi connectivity index (χ1n) is 8.90. The molecule has 2 N–H and O–H groups in total. The number of aromatic amines is 1. The van der Waals surface area contributed by atoms with Gasteiger partial charge in [-0.15, -0.1) is 11.3 Å². The molecule has 28 heavy (non-hydrogen) atoms. The molecule has 2 heterocycles. The van der Waals surface area contributed by atoms with Gasteiger partial charge in [0.25, 0.3) is 0 Å². The second-order valence-corrected chi connectivity index (χ2v) is 7.49. The summed E-state index contributed by atoms with van der Waals surface area (Å²) in [6, 6.07) is 9.78. The zero-order chi connectivity index (χ0) is 20.1. The van der Waals surface area contributed by atoms with Gasteiger partial charge in [-0.1, -0.05) is 30.3 Å². The van der Waals surface area contributed by atoms with Crippen molar-refractivity contribution >= 4 is 28.3 Å². The number of amides is 1. The third-order valence-electron chi connectivity index (χ3n) is 4.41. The lowest BCUT2D eigenvalue weighted by Crippen LogP contribution is -2.13. The van der Waals surface area contributed by atoms with Crippen LogP contribution in [0.15, 0.2) is 30.3 Å². The summed E-state index contributed by atoms with van der Waals surface area (Å²) in [7, 11) is 1.32. The summed E-state index contributed by atoms with van der Waals surface area (Å²) >= 11 is 1.29. The minimum atomic E-state index is -0.507. The standard InChI is InChI=1S/C20H22N4O3S/c1-12-15(13(2)24-23-12)9-10-17(25)21-20-22-18(19(26)27-3)16(28-20)11-14-7-5-4-6-8-14/h4-8H,9-11H2,1-3H3,(H,23,24)(H,21,22,25). The summed E-state index contributed by atoms with van der Waals surface area (Å²) < 4.78 is 4.84. The molecule has 0 aliphatic carbocycles. The quantitative estimate of drug-likeness (QED) is 0.594. The van der Waals surface area contributed by atoms with Crippen molar-refractivity contribution in [2.24, 2.45) is 0 Å². The van der Waals surface area contributed by atoms with Gasteiger partial charge < -0.3 is 10.1 Å². The van der Waals surface area contributed by atoms with Gasteiger partial charge in [0.2, 0.25) is 5.91 Å². The Balaban J connectivity index is 1.71. The number of carbonyl (C=O) groups is 2. The molecule has 7 nitrogen and oxygen atoms in total. The van der Waals surface area contributed by atoms with E-state index in [9.17, 15) is 9.59 Å². The van der Waals surface area contributed by atoms with Gasteiger partial charge >= 0.3 is 5.97 Å². The SMILES string of the molecule is COC(=O)c1nc(NC(=O)CCc2c(C)n[nH]c2C)sc1Cc1ccccc1. The molecule has 1 amide bonds. The number of aryl methyl sites for hydroxylation is 2. The van der Waals surface area contributed by atoms with Gasteiger partial charge in [0, 0.05) is 23.4 Å². The van der Waals surface area contributed by atoms with E-state index in [0.29, 0.717) is 24.4 Å². The molecular formula is C20H22N4O3S. The molecular weight excluding hydrogens is 376 g/mol. The molecule has 0 aliphatic rings. The van der Waals surface area contributed by atoms with E-state index in [1.807, 2.05) is 44.2 Å². The molecule has 3 rings (SSSR count). The van der Waals surface area contributed by atoms with Crippen LogP contribution in [-0.2, 0) is 22.4 Å². The number of hydrogen-bond donors (Lipinski definition) is 2. The van der Waals surface area contributed by atoms with Crippen LogP contribution in [0.5, 0.6) is 0 Å². The Morgan fingerprint density at radius 1 is 1.21 bits per heavy atom. The summed E-state index contributed by atoms with van der Waals surface area (Å²) in [6.07, 6.45) is 1.45. The second kappa shape index (κ2) is 8.79. The summed E-state index contributed by atoms with van der Waals surface area (Å²) in [5.41, 5.74) is 4.22. The maximum absolute atomic E-state index is 12.4. The van der Waals surface area contributed by atoms with Crippen LogP contribution in [0.1, 0.15) is 44.3 Å². The Bertz CT molecular complexity index is 959. The lowest BCUT2D eigenvalue weighted by Gasteiger charge is -2.02. The second-order valence-electron chi connectivity index (χ2n) is 6.41. The minimum Gasteiger partial charge on any atom is -0.464 e. The molecule has 0 saturated heterocycles. The summed E-state index contributed by atoms with van der Waals surface area (Å²) in [5.74, 6) is -0.663. The van der Waals surface area contributed by atoms with E-state index in [2.05, 4.69) is 20.5 Å². The van der Waals surface area contributed by atoms with Crippen LogP contribution < -0.4 is 5.32 Å². The lowest BCUT2D eigenvalue weighted by atomic mass is 10.1. The first kappa shape index (κ1) is 19.8. The Labute approximate surface area is 167 Å². The number of benzene rings is 1. The average molecular weight is 398 g/mol. The van der Waals surface area contributed by atoms with Crippen molar-refractivity contribution < 1.29 is 14.3 Å². The number of ether oxygens (including phenoxy) is 1. The number of methoxy groups -OCH3 is 1. The fraction of sp³-hybridized carbons (Fsp3) is 0.300. The van der Waals surface area contributed by atoms with Crippen molar-refractivity contribution in [3.63, 3.8) is 0 Å². The number of rotatable bonds is 7. The van der Waals surface area contributed by atoms with E-state index in [-0.39, 0.29) is 11.6 Å². The van der Waals surface area contributed by atoms with Crippen molar-refractivity contribution in [3.05, 3.63) is 63.4 Å². The van der Waals surface area contributed by atoms with E-state index in [1.165, 1.54) is 18.4 Å². The molecule has 0 atom stereocenters. The van der Waals surface area contributed by atoms with E-state index in [0.717, 1.165) is 27.4 Å². The van der Waals surface area contributed by atoms with Crippen molar-refractivity contribution in [2.75, 3.05) is 12.4 Å². The number of hydrogen-bond acceptors (Lipinski definition) is 6. The predicted octanol–water partition coefficient (Wildman–Crippen LogP) is 3.43. The largest absolute Gasteiger partial charge is 0.464 e. The zero-order valence-electron chi connectivity index (χ0n) is 16.0. The van der Waals surface area contributed by atoms with Gasteiger partial charge in [-0.3, -0.25) is 9.89 Å². The van der Waals surface area contributed by atoms with Crippen LogP contribution in [-0.4, -0.2) is 34.2 Å². The fourth-order valence-electron chi connectivity index (χ4n) is 2.93. The van der Waals surface area contributed by atoms with Crippen molar-refractivity contribution in [1.29, 1.82) is 0 Å². The number of nitrogens with zero attached hydrogens (tertiary/aromatic N) is 2. The van der Waals surface area contributed by atoms with E-state index in [1.54, 1.807) is 0 Å².